The van der Waals surface area contributed by atoms with Gasteiger partial charge >= 0.3 is 12.0 Å². The van der Waals surface area contributed by atoms with Gasteiger partial charge in [-0.15, -0.1) is 0 Å². The van der Waals surface area contributed by atoms with Crippen molar-refractivity contribution in [3.63, 3.8) is 0 Å². The second-order valence-electron chi connectivity index (χ2n) is 17.0. The number of fused-ring (bicyclic) bond motifs is 1. The molecule has 0 bridgehead atoms. The van der Waals surface area contributed by atoms with Gasteiger partial charge in [0, 0.05) is 88.2 Å². The number of carbonyl (C=O) groups excluding carboxylic acids is 4. The van der Waals surface area contributed by atoms with Crippen molar-refractivity contribution in [1.29, 1.82) is 0 Å². The zero-order valence-corrected chi connectivity index (χ0v) is 34.9. The second-order valence-corrected chi connectivity index (χ2v) is 17.0. The van der Waals surface area contributed by atoms with Gasteiger partial charge in [-0.25, -0.2) is 14.8 Å². The molecule has 1 unspecified atom stereocenters. The average Bonchev–Trinajstić information content (AvgIpc) is 3.31. The molecule has 19 heteroatoms. The Morgan fingerprint density at radius 2 is 1.70 bits per heavy atom. The van der Waals surface area contributed by atoms with Crippen molar-refractivity contribution < 1.29 is 37.8 Å². The van der Waals surface area contributed by atoms with E-state index >= 15 is 0 Å². The first-order chi connectivity index (χ1) is 29.1. The number of nitrogens with one attached hydrogen (secondary N) is 3. The van der Waals surface area contributed by atoms with Gasteiger partial charge in [-0.3, -0.25) is 29.6 Å². The van der Waals surface area contributed by atoms with Gasteiger partial charge in [0.1, 0.15) is 17.7 Å². The van der Waals surface area contributed by atoms with E-state index in [1.807, 2.05) is 9.91 Å². The smallest absolute Gasteiger partial charge is 0.342 e. The van der Waals surface area contributed by atoms with Crippen LogP contribution in [0.3, 0.4) is 0 Å². The van der Waals surface area contributed by atoms with E-state index in [0.29, 0.717) is 73.4 Å². The molecule has 4 fully saturated rings. The lowest BCUT2D eigenvalue weighted by Crippen LogP contribution is -2.64. The number of amides is 5. The summed E-state index contributed by atoms with van der Waals surface area (Å²) in [5.41, 5.74) is 5.44. The molecule has 8 rings (SSSR count). The van der Waals surface area contributed by atoms with E-state index < -0.39 is 24.6 Å². The minimum atomic E-state index is -3.60. The molecule has 6 heterocycles. The third-order valence-electron chi connectivity index (χ3n) is 12.7. The molecule has 3 aromatic rings. The summed E-state index contributed by atoms with van der Waals surface area (Å²) < 4.78 is 35.1. The number of hydrogen-bond acceptors (Lipinski definition) is 12. The van der Waals surface area contributed by atoms with Crippen molar-refractivity contribution in [2.45, 2.75) is 70.2 Å². The zero-order valence-electron chi connectivity index (χ0n) is 34.9. The van der Waals surface area contributed by atoms with Crippen LogP contribution in [0.1, 0.15) is 66.7 Å². The van der Waals surface area contributed by atoms with Gasteiger partial charge in [-0.2, -0.15) is 13.8 Å². The number of aliphatic hydroxyl groups excluding tert-OH is 1. The highest BCUT2D eigenvalue weighted by Gasteiger charge is 2.49. The number of ether oxygens (including phenoxy) is 1. The maximum absolute atomic E-state index is 14.8. The number of rotatable bonds is 9. The summed E-state index contributed by atoms with van der Waals surface area (Å²) in [5, 5.41) is 17.3. The number of nitrogens with zero attached hydrogens (tertiary/aromatic N) is 8. The van der Waals surface area contributed by atoms with E-state index in [0.717, 1.165) is 43.7 Å². The topological polar surface area (TPSA) is 179 Å². The number of carbonyl (C=O) groups is 4. The summed E-state index contributed by atoms with van der Waals surface area (Å²) in [4.78, 5) is 68.9. The number of aliphatic hydroxyl groups is 1. The molecule has 1 aromatic heterocycles. The number of halogens is 2. The molecular formula is C42H53F2N11O6. The van der Waals surface area contributed by atoms with E-state index in [1.54, 1.807) is 61.2 Å². The van der Waals surface area contributed by atoms with Crippen molar-refractivity contribution >= 4 is 52.6 Å². The predicted molar refractivity (Wildman–Crippen MR) is 223 cm³/mol. The monoisotopic (exact) mass is 845 g/mol. The molecule has 5 aliphatic rings. The first-order valence-electron chi connectivity index (χ1n) is 20.8. The molecule has 326 valence electrons. The quantitative estimate of drug-likeness (QED) is 0.246. The Morgan fingerprint density at radius 3 is 2.39 bits per heavy atom. The summed E-state index contributed by atoms with van der Waals surface area (Å²) in [5.74, 6) is -4.60. The van der Waals surface area contributed by atoms with Gasteiger partial charge < -0.3 is 35.2 Å². The Kier molecular flexibility index (Phi) is 11.5. The fourth-order valence-corrected chi connectivity index (χ4v) is 9.08. The Balaban J connectivity index is 0.806. The van der Waals surface area contributed by atoms with Crippen LogP contribution >= 0.6 is 0 Å². The molecule has 2 aromatic carbocycles. The van der Waals surface area contributed by atoms with Crippen LogP contribution in [0.2, 0.25) is 0 Å². The molecule has 61 heavy (non-hydrogen) atoms. The molecule has 0 aliphatic carbocycles. The van der Waals surface area contributed by atoms with E-state index in [-0.39, 0.29) is 46.8 Å². The van der Waals surface area contributed by atoms with Crippen LogP contribution in [-0.2, 0) is 4.79 Å². The maximum Gasteiger partial charge on any atom is 0.342 e. The van der Waals surface area contributed by atoms with Crippen LogP contribution in [0, 0.1) is 5.41 Å². The number of anilines is 5. The van der Waals surface area contributed by atoms with E-state index in [1.165, 1.54) is 25.3 Å². The summed E-state index contributed by atoms with van der Waals surface area (Å²) in [6.07, 6.45) is 4.58. The summed E-state index contributed by atoms with van der Waals surface area (Å²) in [6, 6.07) is 11.7. The van der Waals surface area contributed by atoms with Gasteiger partial charge in [0.2, 0.25) is 5.95 Å². The molecule has 17 nitrogen and oxygen atoms in total. The number of methoxy groups -OCH3 is 1. The van der Waals surface area contributed by atoms with Crippen LogP contribution in [-0.4, -0.2) is 144 Å². The van der Waals surface area contributed by atoms with Crippen LogP contribution in [0.15, 0.2) is 48.7 Å². The lowest BCUT2D eigenvalue weighted by molar-refractivity contribution is -0.140. The highest BCUT2D eigenvalue weighted by atomic mass is 19.3. The SMILES string of the molecule is COc1cc(C(=O)NN2CCC(N3CC4(CCN(C(=O)c5cccc(N6CCC(O)NC6=O)c5)CC4)C3)CC2)ccc1Nc1ncc2c(n1)N(C(C)C)CC(F)(F)C(=O)N2C. The number of piperidine rings is 2. The molecule has 4 saturated heterocycles. The number of benzene rings is 2. The lowest BCUT2D eigenvalue weighted by Gasteiger charge is -2.57. The van der Waals surface area contributed by atoms with Crippen molar-refractivity contribution in [3.05, 3.63) is 59.8 Å². The molecule has 0 saturated carbocycles. The minimum Gasteiger partial charge on any atom is -0.495 e. The highest BCUT2D eigenvalue weighted by molar-refractivity contribution is 6.02. The molecule has 4 N–H and O–H groups in total. The minimum absolute atomic E-state index is 0.0356. The third kappa shape index (κ3) is 8.50. The molecular weight excluding hydrogens is 793 g/mol. The van der Waals surface area contributed by atoms with Crippen LogP contribution in [0.4, 0.5) is 42.4 Å². The van der Waals surface area contributed by atoms with Crippen LogP contribution < -0.4 is 35.5 Å². The largest absolute Gasteiger partial charge is 0.495 e. The number of hydrogen-bond donors (Lipinski definition) is 4. The van der Waals surface area contributed by atoms with Gasteiger partial charge in [-0.05, 0) is 81.3 Å². The van der Waals surface area contributed by atoms with Crippen molar-refractivity contribution in [2.75, 3.05) is 86.5 Å². The first kappa shape index (κ1) is 42.0. The van der Waals surface area contributed by atoms with Gasteiger partial charge in [0.15, 0.2) is 5.82 Å². The van der Waals surface area contributed by atoms with Gasteiger partial charge in [0.05, 0.1) is 25.5 Å². The molecule has 5 amide bonds. The van der Waals surface area contributed by atoms with Crippen molar-refractivity contribution in [3.8, 4) is 5.75 Å². The molecule has 1 atom stereocenters. The molecule has 1 spiro atoms. The number of hydrazine groups is 1. The normalized spacial score (nSPS) is 22.1. The number of likely N-dealkylation sites (tertiary alicyclic amines) is 2. The van der Waals surface area contributed by atoms with E-state index in [9.17, 15) is 33.1 Å². The van der Waals surface area contributed by atoms with Gasteiger partial charge in [-0.1, -0.05) is 6.07 Å². The highest BCUT2D eigenvalue weighted by Crippen LogP contribution is 2.43. The van der Waals surface area contributed by atoms with Crippen molar-refractivity contribution in [2.24, 2.45) is 5.41 Å². The fraction of sp³-hybridized carbons (Fsp3) is 0.524. The van der Waals surface area contributed by atoms with Crippen LogP contribution in [0.25, 0.3) is 0 Å². The lowest BCUT2D eigenvalue weighted by atomic mass is 9.71. The summed E-state index contributed by atoms with van der Waals surface area (Å²) >= 11 is 0. The van der Waals surface area contributed by atoms with Crippen molar-refractivity contribution in [1.82, 2.24) is 35.5 Å². The van der Waals surface area contributed by atoms with E-state index in [2.05, 4.69) is 30.9 Å². The number of alkyl halides is 2. The van der Waals surface area contributed by atoms with Gasteiger partial charge in [0.25, 0.3) is 17.7 Å². The van der Waals surface area contributed by atoms with E-state index in [4.69, 9.17) is 4.74 Å². The first-order valence-corrected chi connectivity index (χ1v) is 20.8. The second kappa shape index (κ2) is 16.7. The Hall–Kier alpha value is -5.66. The molecule has 0 radical (unpaired) electrons. The Morgan fingerprint density at radius 1 is 0.967 bits per heavy atom. The standard InChI is InChI=1S/C42H53F2N11O6/c1-26(2)55-25-42(43,44)38(59)50(3)32-22-45-39(48-35(32)55)46-31-9-8-27(21-33(31)61-4)36(57)49-53-15-10-29(11-16-53)52-23-41(24-52)13-18-51(19-14-41)37(58)28-6-5-7-30(20-28)54-17-12-34(56)47-40(54)60/h5-9,20-22,26,29,34,56H,10-19,23-25H2,1-4H3,(H,47,60)(H,49,57)(H,45,46,48). The predicted octanol–water partition coefficient (Wildman–Crippen LogP) is 3.64. The Labute approximate surface area is 353 Å². The zero-order chi connectivity index (χ0) is 43.2. The maximum atomic E-state index is 14.8. The molecule has 5 aliphatic heterocycles. The number of aromatic nitrogens is 2. The summed E-state index contributed by atoms with van der Waals surface area (Å²) in [7, 11) is 2.76. The average molecular weight is 846 g/mol. The number of urea groups is 1. The summed E-state index contributed by atoms with van der Waals surface area (Å²) in [6.45, 7) is 7.82. The van der Waals surface area contributed by atoms with Crippen LogP contribution in [0.5, 0.6) is 5.75 Å². The fourth-order valence-electron chi connectivity index (χ4n) is 9.08. The Bertz CT molecular complexity index is 2170. The third-order valence-corrected chi connectivity index (χ3v) is 12.7.